The molecular weight excluding hydrogens is 440 g/mol. The monoisotopic (exact) mass is 476 g/mol. The molecule has 3 aromatic rings. The van der Waals surface area contributed by atoms with E-state index in [1.54, 1.807) is 0 Å². The van der Waals surface area contributed by atoms with Gasteiger partial charge in [-0.15, -0.1) is 0 Å². The van der Waals surface area contributed by atoms with Gasteiger partial charge in [-0.3, -0.25) is 4.90 Å². The minimum absolute atomic E-state index is 0.438. The van der Waals surface area contributed by atoms with Gasteiger partial charge in [-0.1, -0.05) is 72.3 Å². The topological polar surface area (TPSA) is 43.8 Å². The fourth-order valence-electron chi connectivity index (χ4n) is 5.15. The molecule has 5 rings (SSSR count). The van der Waals surface area contributed by atoms with E-state index in [-0.39, 0.29) is 0 Å². The van der Waals surface area contributed by atoms with Crippen LogP contribution in [0.1, 0.15) is 35.4 Å². The minimum Gasteiger partial charge on any atom is -0.400 e. The molecule has 0 aliphatic carbocycles. The highest BCUT2D eigenvalue weighted by atomic mass is 32.2. The zero-order valence-corrected chi connectivity index (χ0v) is 21.3. The van der Waals surface area contributed by atoms with Crippen LogP contribution in [0.5, 0.6) is 0 Å². The van der Waals surface area contributed by atoms with E-state index in [0.717, 1.165) is 50.2 Å². The maximum Gasteiger partial charge on any atom is 0.127 e. The van der Waals surface area contributed by atoms with Crippen LogP contribution in [0.15, 0.2) is 77.7 Å². The predicted molar refractivity (Wildman–Crippen MR) is 141 cm³/mol. The zero-order chi connectivity index (χ0) is 24.1. The molecule has 2 fully saturated rings. The van der Waals surface area contributed by atoms with Crippen molar-refractivity contribution in [2.24, 2.45) is 0 Å². The van der Waals surface area contributed by atoms with Gasteiger partial charge >= 0.3 is 0 Å². The van der Waals surface area contributed by atoms with E-state index < -0.39 is 11.0 Å². The first-order chi connectivity index (χ1) is 16.6. The standard InChI is InChI=1S/C28H32N2OS.CH4O/c1-21-8-7-10-25(18-21)23-12-14-24(15-13-23)26-19-29-16-5-6-17-30(20-27(26)29)32(31)28-11-4-3-9-22(28)2;1-2/h3-4,7-15,18,26-27H,5-6,16-17,19-20H2,1-2H3;2H,1H3/t26?,27-,32?;/m0./s1. The van der Waals surface area contributed by atoms with Crippen molar-refractivity contribution in [3.63, 3.8) is 0 Å². The molecule has 0 aromatic heterocycles. The summed E-state index contributed by atoms with van der Waals surface area (Å²) in [7, 11) is -0.0975. The van der Waals surface area contributed by atoms with E-state index in [2.05, 4.69) is 77.6 Å². The average Bonchev–Trinajstić information content (AvgIpc) is 2.85. The number of hydrogen-bond donors (Lipinski definition) is 1. The molecular formula is C29H36N2O2S. The first kappa shape index (κ1) is 24.8. The predicted octanol–water partition coefficient (Wildman–Crippen LogP) is 5.17. The lowest BCUT2D eigenvalue weighted by molar-refractivity contribution is 0.0357. The van der Waals surface area contributed by atoms with Gasteiger partial charge in [-0.2, -0.15) is 0 Å². The molecule has 4 nitrogen and oxygen atoms in total. The Bertz CT molecular complexity index is 1120. The van der Waals surface area contributed by atoms with Crippen molar-refractivity contribution in [2.45, 2.75) is 43.5 Å². The Labute approximate surface area is 206 Å². The van der Waals surface area contributed by atoms with E-state index in [1.165, 1.54) is 28.7 Å². The van der Waals surface area contributed by atoms with E-state index in [0.29, 0.717) is 12.0 Å². The van der Waals surface area contributed by atoms with Crippen LogP contribution in [-0.4, -0.2) is 57.9 Å². The number of hydrogen-bond acceptors (Lipinski definition) is 3. The normalized spacial score (nSPS) is 21.8. The number of nitrogens with zero attached hydrogens (tertiary/aromatic N) is 2. The highest BCUT2D eigenvalue weighted by Gasteiger charge is 2.41. The first-order valence-electron chi connectivity index (χ1n) is 12.2. The van der Waals surface area contributed by atoms with Gasteiger partial charge in [0.25, 0.3) is 0 Å². The molecule has 180 valence electrons. The quantitative estimate of drug-likeness (QED) is 0.565. The summed E-state index contributed by atoms with van der Waals surface area (Å²) in [5.74, 6) is 0.510. The summed E-state index contributed by atoms with van der Waals surface area (Å²) in [4.78, 5) is 3.55. The van der Waals surface area contributed by atoms with Crippen LogP contribution in [0.3, 0.4) is 0 Å². The number of benzene rings is 3. The summed E-state index contributed by atoms with van der Waals surface area (Å²) in [5, 5.41) is 7.00. The van der Waals surface area contributed by atoms with Gasteiger partial charge in [-0.25, -0.2) is 8.51 Å². The van der Waals surface area contributed by atoms with Crippen LogP contribution in [0.4, 0.5) is 0 Å². The summed E-state index contributed by atoms with van der Waals surface area (Å²) in [6.45, 7) is 8.25. The van der Waals surface area contributed by atoms with Crippen molar-refractivity contribution in [1.29, 1.82) is 0 Å². The van der Waals surface area contributed by atoms with Gasteiger partial charge < -0.3 is 5.11 Å². The number of fused-ring (bicyclic) bond motifs is 1. The summed E-state index contributed by atoms with van der Waals surface area (Å²) in [5.41, 5.74) is 6.36. The Morgan fingerprint density at radius 1 is 0.824 bits per heavy atom. The molecule has 34 heavy (non-hydrogen) atoms. The smallest absolute Gasteiger partial charge is 0.127 e. The minimum atomic E-state index is -1.10. The van der Waals surface area contributed by atoms with Crippen LogP contribution in [-0.2, 0) is 11.0 Å². The maximum absolute atomic E-state index is 13.5. The lowest BCUT2D eigenvalue weighted by atomic mass is 9.81. The summed E-state index contributed by atoms with van der Waals surface area (Å²) < 4.78 is 15.7. The van der Waals surface area contributed by atoms with Gasteiger partial charge in [-0.05, 0) is 61.6 Å². The van der Waals surface area contributed by atoms with Crippen LogP contribution in [0, 0.1) is 13.8 Å². The third-order valence-corrected chi connectivity index (χ3v) is 8.70. The lowest BCUT2D eigenvalue weighted by Gasteiger charge is -2.51. The molecule has 0 saturated carbocycles. The molecule has 2 aliphatic heterocycles. The molecule has 3 atom stereocenters. The maximum atomic E-state index is 13.5. The van der Waals surface area contributed by atoms with Crippen molar-refractivity contribution in [3.8, 4) is 11.1 Å². The van der Waals surface area contributed by atoms with Crippen molar-refractivity contribution in [3.05, 3.63) is 89.5 Å². The molecule has 1 N–H and O–H groups in total. The van der Waals surface area contributed by atoms with Crippen LogP contribution < -0.4 is 0 Å². The third kappa shape index (κ3) is 5.33. The average molecular weight is 477 g/mol. The van der Waals surface area contributed by atoms with Gasteiger partial charge in [0, 0.05) is 38.7 Å². The molecule has 0 bridgehead atoms. The second-order valence-corrected chi connectivity index (χ2v) is 10.7. The fraction of sp³-hybridized carbons (Fsp3) is 0.379. The summed E-state index contributed by atoms with van der Waals surface area (Å²) in [6, 6.07) is 26.4. The van der Waals surface area contributed by atoms with Crippen LogP contribution >= 0.6 is 0 Å². The zero-order valence-electron chi connectivity index (χ0n) is 20.5. The van der Waals surface area contributed by atoms with Crippen molar-refractivity contribution in [2.75, 3.05) is 33.3 Å². The van der Waals surface area contributed by atoms with Crippen LogP contribution in [0.2, 0.25) is 0 Å². The lowest BCUT2D eigenvalue weighted by Crippen LogP contribution is -2.60. The van der Waals surface area contributed by atoms with E-state index in [1.807, 2.05) is 18.2 Å². The van der Waals surface area contributed by atoms with Crippen LogP contribution in [0.25, 0.3) is 11.1 Å². The van der Waals surface area contributed by atoms with E-state index >= 15 is 0 Å². The molecule has 2 unspecified atom stereocenters. The second kappa shape index (κ2) is 11.4. The SMILES string of the molecule is CO.Cc1cccc(-c2ccc(C3CN4CCCCN(S(=O)c5ccccc5C)C[C@@H]34)cc2)c1. The Morgan fingerprint density at radius 3 is 2.29 bits per heavy atom. The molecule has 0 amide bonds. The number of aliphatic hydroxyl groups is 1. The third-order valence-electron chi connectivity index (χ3n) is 7.06. The number of rotatable bonds is 4. The Balaban J connectivity index is 0.00000133. The number of aliphatic hydroxyl groups excluding tert-OH is 1. The van der Waals surface area contributed by atoms with Gasteiger partial charge in [0.1, 0.15) is 11.0 Å². The molecule has 0 spiro atoms. The van der Waals surface area contributed by atoms with Crippen molar-refractivity contribution < 1.29 is 9.32 Å². The van der Waals surface area contributed by atoms with Gasteiger partial charge in [0.2, 0.25) is 0 Å². The molecule has 2 aliphatic rings. The Hall–Kier alpha value is -2.31. The first-order valence-corrected chi connectivity index (χ1v) is 13.3. The van der Waals surface area contributed by atoms with Gasteiger partial charge in [0.05, 0.1) is 4.90 Å². The Kier molecular flexibility index (Phi) is 8.32. The number of aryl methyl sites for hydroxylation is 2. The van der Waals surface area contributed by atoms with Crippen molar-refractivity contribution >= 4 is 11.0 Å². The summed E-state index contributed by atoms with van der Waals surface area (Å²) in [6.07, 6.45) is 2.29. The van der Waals surface area contributed by atoms with Gasteiger partial charge in [0.15, 0.2) is 0 Å². The summed E-state index contributed by atoms with van der Waals surface area (Å²) >= 11 is 0. The molecule has 0 radical (unpaired) electrons. The van der Waals surface area contributed by atoms with E-state index in [4.69, 9.17) is 5.11 Å². The largest absolute Gasteiger partial charge is 0.400 e. The Morgan fingerprint density at radius 2 is 1.56 bits per heavy atom. The molecule has 5 heteroatoms. The van der Waals surface area contributed by atoms with Crippen molar-refractivity contribution in [1.82, 2.24) is 9.21 Å². The molecule has 3 aromatic carbocycles. The highest BCUT2D eigenvalue weighted by Crippen LogP contribution is 2.37. The second-order valence-electron chi connectivity index (χ2n) is 9.27. The molecule has 2 heterocycles. The fourth-order valence-corrected chi connectivity index (χ4v) is 6.55. The highest BCUT2D eigenvalue weighted by molar-refractivity contribution is 7.82. The molecule has 2 saturated heterocycles. The van der Waals surface area contributed by atoms with E-state index in [9.17, 15) is 4.21 Å².